The molecule has 24 heteroatoms. The Hall–Kier alpha value is -7.90. The summed E-state index contributed by atoms with van der Waals surface area (Å²) in [6.45, 7) is 10.9. The molecule has 0 bridgehead atoms. The summed E-state index contributed by atoms with van der Waals surface area (Å²) in [4.78, 5) is 77.8. The Bertz CT molecular complexity index is 3680. The third kappa shape index (κ3) is 19.4. The van der Waals surface area contributed by atoms with Gasteiger partial charge in [-0.15, -0.1) is 11.3 Å². The standard InChI is InChI=1S/C41H58N6O6S.C34H33F7N2O2/c1-31-29-38(54-39(31)40(50)46(5)26-25-44(3)37(49)30-52-6)45(4)22-14-8-11-19-36(48)43(2)27-28-47-23-20-33(21-24-47)53-41(51)42-35-18-13-12-17-34(35)32-15-9-7-10-16-32;1-22-16-23-4-2-3-5-29(23)31(22)10-13-42(14-11-31)15-12-32(25-6-8-28(35)9-7-25)20-43(21-45-32)30(44)24-17-26(33(36,37)38)19-27(18-24)34(39,40)41/h7,9-10,12-13,15-18,29,33H,8,11,14,19-28,30H2,1-6H3,(H,42,51);2-9,17-19,22H,10-16,20-21H2,1H3/t;22-,32-/m.0/s1. The number of halogens is 7. The van der Waals surface area contributed by atoms with Crippen molar-refractivity contribution in [2.45, 2.75) is 108 Å². The third-order valence-corrected chi connectivity index (χ3v) is 21.3. The lowest BCUT2D eigenvalue weighted by molar-refractivity contribution is -0.143. The molecule has 0 saturated carbocycles. The van der Waals surface area contributed by atoms with Crippen molar-refractivity contribution < 1.29 is 68.9 Å². The maximum Gasteiger partial charge on any atom is 0.416 e. The van der Waals surface area contributed by atoms with Crippen LogP contribution in [0.15, 0.2) is 127 Å². The number of piperidine rings is 2. The zero-order chi connectivity index (χ0) is 71.2. The van der Waals surface area contributed by atoms with E-state index < -0.39 is 52.5 Å². The van der Waals surface area contributed by atoms with Gasteiger partial charge < -0.3 is 48.5 Å². The number of rotatable bonds is 24. The minimum absolute atomic E-state index is 0.00621. The molecule has 5 amide bonds. The number of carbonyl (C=O) groups is 5. The largest absolute Gasteiger partial charge is 0.446 e. The van der Waals surface area contributed by atoms with Gasteiger partial charge in [-0.2, -0.15) is 26.3 Å². The molecule has 3 fully saturated rings. The Balaban J connectivity index is 0.000000235. The molecule has 1 aliphatic carbocycles. The number of carbonyl (C=O) groups excluding carboxylic acids is 5. The third-order valence-electron chi connectivity index (χ3n) is 19.9. The molecule has 4 heterocycles. The lowest BCUT2D eigenvalue weighted by Gasteiger charge is -2.44. The van der Waals surface area contributed by atoms with Crippen LogP contribution in [0.5, 0.6) is 0 Å². The number of likely N-dealkylation sites (tertiary alicyclic amines) is 2. The topological polar surface area (TPSA) is 148 Å². The molecular weight excluding hydrogens is 1310 g/mol. The molecule has 0 radical (unpaired) electrons. The van der Waals surface area contributed by atoms with E-state index in [2.05, 4.69) is 57.3 Å². The minimum Gasteiger partial charge on any atom is -0.446 e. The van der Waals surface area contributed by atoms with Crippen LogP contribution in [0.2, 0.25) is 0 Å². The van der Waals surface area contributed by atoms with E-state index in [0.717, 1.165) is 123 Å². The van der Waals surface area contributed by atoms with Gasteiger partial charge in [-0.25, -0.2) is 9.18 Å². The molecule has 3 aliphatic heterocycles. The summed E-state index contributed by atoms with van der Waals surface area (Å²) in [5.41, 5.74) is 2.19. The molecule has 3 saturated heterocycles. The highest BCUT2D eigenvalue weighted by atomic mass is 32.1. The maximum absolute atomic E-state index is 13.9. The average molecular weight is 1400 g/mol. The first-order chi connectivity index (χ1) is 47.2. The fraction of sp³-hybridized carbons (Fsp3) is 0.480. The number of amides is 5. The van der Waals surface area contributed by atoms with Gasteiger partial charge in [0.15, 0.2) is 0 Å². The fourth-order valence-corrected chi connectivity index (χ4v) is 14.9. The van der Waals surface area contributed by atoms with Crippen LogP contribution in [-0.4, -0.2) is 186 Å². The molecule has 16 nitrogen and oxygen atoms in total. The molecule has 5 aromatic carbocycles. The zero-order valence-electron chi connectivity index (χ0n) is 57.5. The van der Waals surface area contributed by atoms with E-state index in [-0.39, 0.29) is 55.2 Å². The normalized spacial score (nSPS) is 17.9. The second-order valence-corrected chi connectivity index (χ2v) is 27.7. The first-order valence-corrected chi connectivity index (χ1v) is 34.7. The smallest absolute Gasteiger partial charge is 0.416 e. The number of thiophene rings is 1. The predicted octanol–water partition coefficient (Wildman–Crippen LogP) is 13.9. The van der Waals surface area contributed by atoms with Gasteiger partial charge in [-0.1, -0.05) is 98.3 Å². The molecule has 10 rings (SSSR count). The molecule has 1 spiro atoms. The maximum atomic E-state index is 13.9. The van der Waals surface area contributed by atoms with E-state index in [1.807, 2.05) is 80.5 Å². The number of nitrogens with zero attached hydrogens (tertiary/aromatic N) is 7. The van der Waals surface area contributed by atoms with Crippen molar-refractivity contribution in [2.75, 3.05) is 131 Å². The lowest BCUT2D eigenvalue weighted by Crippen LogP contribution is -2.46. The Morgan fingerprint density at radius 1 is 0.697 bits per heavy atom. The molecule has 4 aliphatic rings. The average Bonchev–Trinajstić information content (AvgIpc) is 1.62. The Morgan fingerprint density at radius 2 is 1.32 bits per heavy atom. The van der Waals surface area contributed by atoms with Crippen LogP contribution in [0.1, 0.15) is 118 Å². The van der Waals surface area contributed by atoms with Crippen LogP contribution < -0.4 is 10.2 Å². The first kappa shape index (κ1) is 75.3. The second-order valence-electron chi connectivity index (χ2n) is 26.7. The fourth-order valence-electron chi connectivity index (χ4n) is 13.8. The summed E-state index contributed by atoms with van der Waals surface area (Å²) >= 11 is 1.49. The molecule has 1 aromatic heterocycles. The van der Waals surface area contributed by atoms with Crippen molar-refractivity contribution in [3.8, 4) is 11.1 Å². The number of ether oxygens (including phenoxy) is 3. The van der Waals surface area contributed by atoms with E-state index in [4.69, 9.17) is 14.2 Å². The number of hydrogen-bond acceptors (Lipinski definition) is 12. The van der Waals surface area contributed by atoms with Crippen molar-refractivity contribution in [1.29, 1.82) is 0 Å². The number of unbranched alkanes of at least 4 members (excludes halogenated alkanes) is 2. The Labute approximate surface area is 579 Å². The van der Waals surface area contributed by atoms with Crippen molar-refractivity contribution in [3.05, 3.63) is 177 Å². The SMILES string of the molecule is COCC(=O)N(C)CCN(C)C(=O)c1sc(N(C)CCCCCC(=O)N(C)CCN2CCC(OC(=O)Nc3ccccc3-c3ccccc3)CC2)cc1C.C[C@H]1Cc2ccccc2C12CCN(CC[C@@]1(c3ccc(F)cc3)CN(C(=O)c3cc(C(F)(F)F)cc(C(F)(F)F)c3)CO1)CC2. The number of anilines is 2. The van der Waals surface area contributed by atoms with E-state index in [0.29, 0.717) is 67.5 Å². The number of methoxy groups -OCH3 is 1. The zero-order valence-corrected chi connectivity index (χ0v) is 58.3. The van der Waals surface area contributed by atoms with Gasteiger partial charge in [0.25, 0.3) is 11.8 Å². The van der Waals surface area contributed by atoms with Crippen LogP contribution in [-0.2, 0) is 53.6 Å². The van der Waals surface area contributed by atoms with Crippen molar-refractivity contribution >= 4 is 51.7 Å². The van der Waals surface area contributed by atoms with Gasteiger partial charge in [0.05, 0.1) is 33.2 Å². The number of hydrogen-bond donors (Lipinski definition) is 1. The Kier molecular flexibility index (Phi) is 25.5. The van der Waals surface area contributed by atoms with Crippen LogP contribution in [0, 0.1) is 18.7 Å². The lowest BCUT2D eigenvalue weighted by atomic mass is 9.68. The monoisotopic (exact) mass is 1400 g/mol. The molecule has 99 heavy (non-hydrogen) atoms. The number of fused-ring (bicyclic) bond motifs is 2. The molecule has 534 valence electrons. The van der Waals surface area contributed by atoms with Crippen LogP contribution >= 0.6 is 11.3 Å². The highest BCUT2D eigenvalue weighted by molar-refractivity contribution is 7.18. The molecule has 6 aromatic rings. The van der Waals surface area contributed by atoms with Gasteiger partial charge in [0.2, 0.25) is 11.8 Å². The summed E-state index contributed by atoms with van der Waals surface area (Å²) in [7, 11) is 8.86. The highest BCUT2D eigenvalue weighted by Crippen LogP contribution is 2.50. The minimum atomic E-state index is -5.08. The van der Waals surface area contributed by atoms with Gasteiger partial charge in [0.1, 0.15) is 30.9 Å². The Morgan fingerprint density at radius 3 is 2.00 bits per heavy atom. The van der Waals surface area contributed by atoms with Crippen LogP contribution in [0.3, 0.4) is 0 Å². The second kappa shape index (κ2) is 33.5. The van der Waals surface area contributed by atoms with E-state index in [1.54, 1.807) is 23.9 Å². The van der Waals surface area contributed by atoms with E-state index >= 15 is 0 Å². The summed E-state index contributed by atoms with van der Waals surface area (Å²) in [6, 6.07) is 34.8. The van der Waals surface area contributed by atoms with E-state index in [1.165, 1.54) is 53.8 Å². The molecule has 0 unspecified atom stereocenters. The number of aryl methyl sites for hydroxylation is 1. The summed E-state index contributed by atoms with van der Waals surface area (Å²) in [5, 5.41) is 3.97. The quantitative estimate of drug-likeness (QED) is 0.0456. The van der Waals surface area contributed by atoms with E-state index in [9.17, 15) is 54.7 Å². The number of alkyl halides is 6. The van der Waals surface area contributed by atoms with Crippen LogP contribution in [0.4, 0.5) is 46.2 Å². The van der Waals surface area contributed by atoms with Crippen molar-refractivity contribution in [1.82, 2.24) is 29.4 Å². The van der Waals surface area contributed by atoms with Crippen molar-refractivity contribution in [3.63, 3.8) is 0 Å². The van der Waals surface area contributed by atoms with Crippen molar-refractivity contribution in [2.24, 2.45) is 5.92 Å². The summed E-state index contributed by atoms with van der Waals surface area (Å²) in [6.07, 6.45) is -2.57. The van der Waals surface area contributed by atoms with Gasteiger partial charge in [-0.05, 0) is 148 Å². The molecular formula is C75H91F7N8O8S. The van der Waals surface area contributed by atoms with Gasteiger partial charge >= 0.3 is 18.4 Å². The van der Waals surface area contributed by atoms with Gasteiger partial charge in [-0.3, -0.25) is 24.5 Å². The number of benzene rings is 5. The first-order valence-electron chi connectivity index (χ1n) is 33.8. The summed E-state index contributed by atoms with van der Waals surface area (Å²) < 4.78 is 112. The predicted molar refractivity (Wildman–Crippen MR) is 369 cm³/mol. The number of nitrogens with one attached hydrogen (secondary N) is 1. The molecule has 2 atom stereocenters. The number of para-hydroxylation sites is 1. The molecule has 1 N–H and O–H groups in total. The van der Waals surface area contributed by atoms with Gasteiger partial charge in [0, 0.05) is 111 Å². The summed E-state index contributed by atoms with van der Waals surface area (Å²) in [5.74, 6) is -0.974. The number of likely N-dealkylation sites (N-methyl/N-ethyl adjacent to an activating group) is 3. The van der Waals surface area contributed by atoms with Crippen LogP contribution in [0.25, 0.3) is 11.1 Å². The highest BCUT2D eigenvalue weighted by Gasteiger charge is 2.48.